The molecule has 1 aliphatic heterocycles. The number of hydrogen-bond acceptors (Lipinski definition) is 5. The first-order valence-corrected chi connectivity index (χ1v) is 15.4. The van der Waals surface area contributed by atoms with Gasteiger partial charge in [-0.05, 0) is 53.0 Å². The van der Waals surface area contributed by atoms with E-state index in [0.717, 1.165) is 49.9 Å². The van der Waals surface area contributed by atoms with Crippen molar-refractivity contribution in [2.45, 2.75) is 131 Å². The van der Waals surface area contributed by atoms with E-state index in [1.807, 2.05) is 41.5 Å². The number of likely N-dealkylation sites (N-methyl/N-ethyl adjacent to an activating group) is 1. The van der Waals surface area contributed by atoms with E-state index < -0.39 is 16.8 Å². The summed E-state index contributed by atoms with van der Waals surface area (Å²) in [4.78, 5) is 23.2. The molecule has 6 nitrogen and oxygen atoms in total. The minimum Gasteiger partial charge on any atom is -0.345 e. The van der Waals surface area contributed by atoms with Crippen molar-refractivity contribution in [1.82, 2.24) is 16.0 Å². The first-order valence-electron chi connectivity index (χ1n) is 14.0. The third kappa shape index (κ3) is 27.3. The Morgan fingerprint density at radius 1 is 1.06 bits per heavy atom. The lowest BCUT2D eigenvalue weighted by Gasteiger charge is -2.18. The van der Waals surface area contributed by atoms with Crippen LogP contribution in [0.4, 0.5) is 0 Å². The van der Waals surface area contributed by atoms with Gasteiger partial charge in [0.1, 0.15) is 6.29 Å². The zero-order valence-corrected chi connectivity index (χ0v) is 26.0. The van der Waals surface area contributed by atoms with Crippen molar-refractivity contribution in [1.29, 1.82) is 0 Å². The van der Waals surface area contributed by atoms with Gasteiger partial charge in [0, 0.05) is 34.4 Å². The van der Waals surface area contributed by atoms with Crippen molar-refractivity contribution in [2.24, 2.45) is 0 Å². The van der Waals surface area contributed by atoms with Crippen LogP contribution in [0.3, 0.4) is 0 Å². The first-order chi connectivity index (χ1) is 17.3. The van der Waals surface area contributed by atoms with Crippen LogP contribution < -0.4 is 16.0 Å². The summed E-state index contributed by atoms with van der Waals surface area (Å²) < 4.78 is 11.6. The van der Waals surface area contributed by atoms with E-state index in [2.05, 4.69) is 43.0 Å². The summed E-state index contributed by atoms with van der Waals surface area (Å²) in [6.45, 7) is 22.7. The Hall–Kier alpha value is -1.31. The van der Waals surface area contributed by atoms with E-state index in [1.165, 1.54) is 6.42 Å². The van der Waals surface area contributed by atoms with E-state index in [9.17, 15) is 13.8 Å². The number of nitrogens with one attached hydrogen (secondary N) is 3. The number of aldehydes is 1. The average molecular weight is 532 g/mol. The highest BCUT2D eigenvalue weighted by molar-refractivity contribution is 7.84. The summed E-state index contributed by atoms with van der Waals surface area (Å²) in [5.74, 6) is 1.39. The molecule has 36 heavy (non-hydrogen) atoms. The molecule has 1 saturated heterocycles. The molecule has 0 radical (unpaired) electrons. The topological polar surface area (TPSA) is 87.3 Å². The molecule has 3 N–H and O–H groups in total. The molecule has 0 bridgehead atoms. The van der Waals surface area contributed by atoms with E-state index >= 15 is 0 Å². The van der Waals surface area contributed by atoms with Crippen LogP contribution in [0.25, 0.3) is 0 Å². The standard InChI is InChI=1S/C18H35N3O3S.C3H8.2C3H6.C2H6/c1-4-17(19-3)18(23)21-15(12-22)9-7-6-8-14-10-11-16(20-14)13-25(24)5-2;3*1-3-2;1-2/h12,14-17,19-20H,4-11,13H2,1-3H3,(H,21,23);3H2,1-2H3;2*3H,1H2,2H3;1-2H3/t14?,15-,16-,17?,25?;;;;/m0..../s1. The third-order valence-corrected chi connectivity index (χ3v) is 6.34. The predicted octanol–water partition coefficient (Wildman–Crippen LogP) is 5.94. The van der Waals surface area contributed by atoms with Gasteiger partial charge in [-0.1, -0.05) is 73.0 Å². The number of carbonyl (C=O) groups excluding carboxylic acids is 2. The summed E-state index contributed by atoms with van der Waals surface area (Å²) in [5, 5.41) is 9.34. The Morgan fingerprint density at radius 2 is 1.56 bits per heavy atom. The van der Waals surface area contributed by atoms with Crippen molar-refractivity contribution in [2.75, 3.05) is 18.6 Å². The highest BCUT2D eigenvalue weighted by Gasteiger charge is 2.24. The summed E-state index contributed by atoms with van der Waals surface area (Å²) in [5.41, 5.74) is 0. The van der Waals surface area contributed by atoms with Crippen LogP contribution in [0, 0.1) is 0 Å². The molecule has 0 spiro atoms. The van der Waals surface area contributed by atoms with Crippen molar-refractivity contribution >= 4 is 23.0 Å². The molecule has 7 heteroatoms. The van der Waals surface area contributed by atoms with E-state index in [0.29, 0.717) is 24.9 Å². The lowest BCUT2D eigenvalue weighted by atomic mass is 10.0. The maximum absolute atomic E-state index is 12.0. The van der Waals surface area contributed by atoms with Gasteiger partial charge in [-0.25, -0.2) is 0 Å². The summed E-state index contributed by atoms with van der Waals surface area (Å²) >= 11 is 0. The second-order valence-corrected chi connectivity index (χ2v) is 10.1. The molecule has 1 amide bonds. The van der Waals surface area contributed by atoms with Gasteiger partial charge in [0.05, 0.1) is 12.1 Å². The molecule has 5 atom stereocenters. The molecule has 1 rings (SSSR count). The van der Waals surface area contributed by atoms with Crippen molar-refractivity contribution < 1.29 is 13.8 Å². The smallest absolute Gasteiger partial charge is 0.237 e. The number of amides is 1. The molecule has 3 unspecified atom stereocenters. The lowest BCUT2D eigenvalue weighted by molar-refractivity contribution is -0.125. The Balaban J connectivity index is -0.000000397. The van der Waals surface area contributed by atoms with Gasteiger partial charge in [-0.15, -0.1) is 13.2 Å². The molecule has 1 fully saturated rings. The van der Waals surface area contributed by atoms with E-state index in [1.54, 1.807) is 19.2 Å². The zero-order chi connectivity index (χ0) is 28.8. The summed E-state index contributed by atoms with van der Waals surface area (Å²) in [6.07, 6.45) is 12.2. The van der Waals surface area contributed by atoms with Gasteiger partial charge in [0.25, 0.3) is 0 Å². The fourth-order valence-electron chi connectivity index (χ4n) is 3.34. The molecule has 216 valence electrons. The number of rotatable bonds is 13. The number of carbonyl (C=O) groups is 2. The summed E-state index contributed by atoms with van der Waals surface area (Å²) in [6, 6.07) is 0.249. The Morgan fingerprint density at radius 3 is 1.97 bits per heavy atom. The fraction of sp³-hybridized carbons (Fsp3) is 0.793. The van der Waals surface area contributed by atoms with Crippen LogP contribution in [0.2, 0.25) is 0 Å². The highest BCUT2D eigenvalue weighted by Crippen LogP contribution is 2.18. The fourth-order valence-corrected chi connectivity index (χ4v) is 4.28. The zero-order valence-electron chi connectivity index (χ0n) is 25.2. The quantitative estimate of drug-likeness (QED) is 0.155. The van der Waals surface area contributed by atoms with Gasteiger partial charge in [-0.3, -0.25) is 9.00 Å². The number of allylic oxidation sites excluding steroid dienone is 2. The Kier molecular flexibility index (Phi) is 39.1. The Bertz CT molecular complexity index is 520. The highest BCUT2D eigenvalue weighted by atomic mass is 32.2. The SMILES string of the molecule is C=CC.C=CC.CC.CCC.CCC(NC)C(=O)N[C@H](C=O)CCCCC1CC[C@@H](CS(=O)CC)N1. The van der Waals surface area contributed by atoms with Gasteiger partial charge in [0.15, 0.2) is 0 Å². The van der Waals surface area contributed by atoms with E-state index in [4.69, 9.17) is 0 Å². The minimum absolute atomic E-state index is 0.105. The van der Waals surface area contributed by atoms with Crippen LogP contribution in [0.5, 0.6) is 0 Å². The van der Waals surface area contributed by atoms with Crippen LogP contribution in [-0.2, 0) is 20.4 Å². The normalized spacial score (nSPS) is 17.9. The average Bonchev–Trinajstić information content (AvgIpc) is 3.31. The number of unbranched alkanes of at least 4 members (excludes halogenated alkanes) is 1. The minimum atomic E-state index is -0.705. The van der Waals surface area contributed by atoms with Crippen molar-refractivity contribution in [3.63, 3.8) is 0 Å². The molecule has 0 aromatic heterocycles. The monoisotopic (exact) mass is 531 g/mol. The molecule has 1 aliphatic rings. The summed E-state index contributed by atoms with van der Waals surface area (Å²) in [7, 11) is 1.05. The molecule has 0 aromatic carbocycles. The lowest BCUT2D eigenvalue weighted by Crippen LogP contribution is -2.47. The molecule has 1 heterocycles. The van der Waals surface area contributed by atoms with Gasteiger partial charge >= 0.3 is 0 Å². The molecule has 0 aliphatic carbocycles. The first kappa shape index (κ1) is 41.8. The van der Waals surface area contributed by atoms with Crippen molar-refractivity contribution in [3.8, 4) is 0 Å². The third-order valence-electron chi connectivity index (χ3n) is 4.93. The van der Waals surface area contributed by atoms with Crippen LogP contribution in [-0.4, -0.2) is 59.1 Å². The maximum atomic E-state index is 12.0. The van der Waals surface area contributed by atoms with Crippen LogP contribution in [0.15, 0.2) is 25.3 Å². The second kappa shape index (κ2) is 33.7. The number of hydrogen-bond donors (Lipinski definition) is 3. The molecular formula is C29H61N3O3S. The second-order valence-electron chi connectivity index (χ2n) is 8.34. The molecule has 0 aromatic rings. The van der Waals surface area contributed by atoms with E-state index in [-0.39, 0.29) is 11.9 Å². The molecule has 0 saturated carbocycles. The van der Waals surface area contributed by atoms with Crippen LogP contribution in [0.1, 0.15) is 107 Å². The van der Waals surface area contributed by atoms with Crippen molar-refractivity contribution in [3.05, 3.63) is 25.3 Å². The largest absolute Gasteiger partial charge is 0.345 e. The Labute approximate surface area is 227 Å². The maximum Gasteiger partial charge on any atom is 0.237 e. The molecular weight excluding hydrogens is 470 g/mol. The van der Waals surface area contributed by atoms with Crippen LogP contribution >= 0.6 is 0 Å². The van der Waals surface area contributed by atoms with Gasteiger partial charge in [0.2, 0.25) is 5.91 Å². The predicted molar refractivity (Wildman–Crippen MR) is 162 cm³/mol. The van der Waals surface area contributed by atoms with Gasteiger partial charge in [-0.2, -0.15) is 0 Å². The van der Waals surface area contributed by atoms with Gasteiger partial charge < -0.3 is 20.7 Å².